The minimum atomic E-state index is -3.61. The van der Waals surface area contributed by atoms with Crippen LogP contribution in [0.1, 0.15) is 51.7 Å². The Morgan fingerprint density at radius 1 is 1.08 bits per heavy atom. The van der Waals surface area contributed by atoms with Crippen molar-refractivity contribution in [3.05, 3.63) is 83.9 Å². The van der Waals surface area contributed by atoms with E-state index in [2.05, 4.69) is 30.8 Å². The molecule has 4 fully saturated rings. The number of nitrogens with zero attached hydrogens (tertiary/aromatic N) is 1. The summed E-state index contributed by atoms with van der Waals surface area (Å²) >= 11 is 0. The summed E-state index contributed by atoms with van der Waals surface area (Å²) in [6, 6.07) is 21.5. The van der Waals surface area contributed by atoms with Gasteiger partial charge in [-0.05, 0) is 72.6 Å². The monoisotopic (exact) mass is 705 g/mol. The Morgan fingerprint density at radius 3 is 2.48 bits per heavy atom. The van der Waals surface area contributed by atoms with Gasteiger partial charge >= 0.3 is 0 Å². The molecule has 1 aliphatic heterocycles. The van der Waals surface area contributed by atoms with E-state index in [9.17, 15) is 23.4 Å². The van der Waals surface area contributed by atoms with Crippen LogP contribution in [-0.2, 0) is 32.6 Å². The first-order valence-electron chi connectivity index (χ1n) is 17.7. The number of fused-ring (bicyclic) bond motifs is 2. The van der Waals surface area contributed by atoms with Crippen molar-refractivity contribution >= 4 is 21.6 Å². The number of rotatable bonds is 13. The number of carbonyl (C=O) groups is 1. The van der Waals surface area contributed by atoms with Crippen molar-refractivity contribution < 1.29 is 33.0 Å². The van der Waals surface area contributed by atoms with Crippen LogP contribution in [0, 0.1) is 29.1 Å². The third kappa shape index (κ3) is 7.29. The minimum Gasteiger partial charge on any atom is -0.496 e. The molecule has 0 spiro atoms. The zero-order valence-corrected chi connectivity index (χ0v) is 30.4. The van der Waals surface area contributed by atoms with Crippen molar-refractivity contribution in [2.24, 2.45) is 29.1 Å². The molecule has 3 aromatic carbocycles. The average molecular weight is 706 g/mol. The number of aliphatic hydroxyl groups is 2. The molecule has 50 heavy (non-hydrogen) atoms. The molecular formula is C39H51N3O7S. The topological polar surface area (TPSA) is 137 Å². The zero-order chi connectivity index (χ0) is 35.8. The first kappa shape index (κ1) is 36.3. The Bertz CT molecular complexity index is 1770. The van der Waals surface area contributed by atoms with Crippen LogP contribution in [0.5, 0.6) is 5.75 Å². The van der Waals surface area contributed by atoms with Crippen molar-refractivity contribution in [1.82, 2.24) is 10.4 Å². The summed E-state index contributed by atoms with van der Waals surface area (Å²) in [6.45, 7) is 8.31. The number of hydrogen-bond donors (Lipinski definition) is 4. The van der Waals surface area contributed by atoms with Crippen molar-refractivity contribution in [2.45, 2.75) is 77.8 Å². The Kier molecular flexibility index (Phi) is 10.6. The predicted molar refractivity (Wildman–Crippen MR) is 194 cm³/mol. The normalized spacial score (nSPS) is 28.0. The highest BCUT2D eigenvalue weighted by molar-refractivity contribution is 7.92. The number of sulfonamides is 1. The van der Waals surface area contributed by atoms with Gasteiger partial charge in [0.2, 0.25) is 15.9 Å². The Balaban J connectivity index is 1.22. The van der Waals surface area contributed by atoms with Gasteiger partial charge in [0.15, 0.2) is 0 Å². The van der Waals surface area contributed by atoms with Gasteiger partial charge in [-0.1, -0.05) is 81.4 Å². The summed E-state index contributed by atoms with van der Waals surface area (Å²) in [5, 5.41) is 26.0. The SMILES string of the molecule is COc1c(CN2O[C@@H](CO)[C@H]([C@H](C)O)[C@H]2C(=O)N[C@H]2C[C@H]3C[C@@H]([C@@H]2C)C3(C)C)cccc1-c1cccc(NS(=O)(=O)CCc2ccccc2)c1. The molecule has 11 heteroatoms. The molecule has 2 bridgehead atoms. The molecule has 7 rings (SSSR count). The van der Waals surface area contributed by atoms with E-state index in [1.54, 1.807) is 37.3 Å². The third-order valence-electron chi connectivity index (χ3n) is 11.6. The first-order chi connectivity index (χ1) is 23.8. The van der Waals surface area contributed by atoms with Crippen LogP contribution in [0.2, 0.25) is 0 Å². The van der Waals surface area contributed by atoms with Crippen molar-refractivity contribution in [3.8, 4) is 16.9 Å². The lowest BCUT2D eigenvalue weighted by Gasteiger charge is -2.62. The molecule has 3 aromatic rings. The second-order valence-electron chi connectivity index (χ2n) is 15.0. The molecule has 0 unspecified atom stereocenters. The number of methoxy groups -OCH3 is 1. The predicted octanol–water partition coefficient (Wildman–Crippen LogP) is 5.01. The second-order valence-corrected chi connectivity index (χ2v) is 16.8. The number of amides is 1. The van der Waals surface area contributed by atoms with Crippen molar-refractivity contribution in [2.75, 3.05) is 24.2 Å². The number of hydroxylamine groups is 2. The van der Waals surface area contributed by atoms with Gasteiger partial charge in [-0.3, -0.25) is 14.4 Å². The van der Waals surface area contributed by atoms with Crippen molar-refractivity contribution in [1.29, 1.82) is 0 Å². The van der Waals surface area contributed by atoms with Gasteiger partial charge in [0.25, 0.3) is 0 Å². The molecular weight excluding hydrogens is 655 g/mol. The summed E-state index contributed by atoms with van der Waals surface area (Å²) < 4.78 is 34.6. The quantitative estimate of drug-likeness (QED) is 0.195. The Hall–Kier alpha value is -3.48. The van der Waals surface area contributed by atoms with Gasteiger partial charge in [0.1, 0.15) is 17.9 Å². The number of para-hydroxylation sites is 1. The fraction of sp³-hybridized carbons (Fsp3) is 0.513. The maximum absolute atomic E-state index is 14.1. The van der Waals surface area contributed by atoms with E-state index in [1.165, 1.54) is 6.42 Å². The first-order valence-corrected chi connectivity index (χ1v) is 19.3. The van der Waals surface area contributed by atoms with E-state index in [4.69, 9.17) is 9.57 Å². The molecule has 4 N–H and O–H groups in total. The van der Waals surface area contributed by atoms with Crippen LogP contribution in [-0.4, -0.2) is 73.4 Å². The highest BCUT2D eigenvalue weighted by atomic mass is 32.2. The summed E-state index contributed by atoms with van der Waals surface area (Å²) in [6.07, 6.45) is 0.848. The molecule has 1 amide bonds. The molecule has 8 atom stereocenters. The average Bonchev–Trinajstić information content (AvgIpc) is 3.47. The number of aliphatic hydroxyl groups excluding tert-OH is 2. The molecule has 3 saturated carbocycles. The van der Waals surface area contributed by atoms with E-state index in [1.807, 2.05) is 54.6 Å². The smallest absolute Gasteiger partial charge is 0.240 e. The van der Waals surface area contributed by atoms with Gasteiger partial charge in [0.05, 0.1) is 32.1 Å². The van der Waals surface area contributed by atoms with Gasteiger partial charge in [-0.25, -0.2) is 8.42 Å². The molecule has 10 nitrogen and oxygen atoms in total. The van der Waals surface area contributed by atoms with Crippen molar-refractivity contribution in [3.63, 3.8) is 0 Å². The van der Waals surface area contributed by atoms with Gasteiger partial charge in [0, 0.05) is 28.8 Å². The maximum Gasteiger partial charge on any atom is 0.240 e. The fourth-order valence-electron chi connectivity index (χ4n) is 8.71. The standard InChI is InChI=1S/C39H51N3O7S/c1-24-32-20-29(39(32,3)4)21-33(24)40-38(45)36-35(25(2)44)34(23-43)49-42(36)22-28-14-10-16-31(37(28)48-5)27-13-9-15-30(19-27)41-50(46,47)18-17-26-11-7-6-8-12-26/h6-16,19,24-25,29,32-36,41,43-44H,17-18,20-23H2,1-5H3,(H,40,45)/t24-,25-,29+,32-,33-,34-,35-,36-/m0/s1. The zero-order valence-electron chi connectivity index (χ0n) is 29.6. The van der Waals surface area contributed by atoms with E-state index in [0.717, 1.165) is 28.7 Å². The molecule has 1 heterocycles. The summed E-state index contributed by atoms with van der Waals surface area (Å²) in [5.74, 6) is 1.08. The Morgan fingerprint density at radius 2 is 1.82 bits per heavy atom. The van der Waals surface area contributed by atoms with E-state index in [-0.39, 0.29) is 36.3 Å². The lowest BCUT2D eigenvalue weighted by molar-refractivity contribution is -0.183. The summed E-state index contributed by atoms with van der Waals surface area (Å²) in [5.41, 5.74) is 3.87. The summed E-state index contributed by atoms with van der Waals surface area (Å²) in [4.78, 5) is 20.3. The van der Waals surface area contributed by atoms with Gasteiger partial charge in [-0.15, -0.1) is 0 Å². The van der Waals surface area contributed by atoms with Crippen LogP contribution in [0.15, 0.2) is 72.8 Å². The molecule has 0 radical (unpaired) electrons. The van der Waals surface area contributed by atoms with E-state index >= 15 is 0 Å². The van der Waals surface area contributed by atoms with Crippen LogP contribution >= 0.6 is 0 Å². The van der Waals surface area contributed by atoms with Crippen LogP contribution < -0.4 is 14.8 Å². The second kappa shape index (κ2) is 14.6. The Labute approximate surface area is 296 Å². The molecule has 4 aliphatic rings. The highest BCUT2D eigenvalue weighted by Gasteiger charge is 2.57. The fourth-order valence-corrected chi connectivity index (χ4v) is 9.80. The molecule has 270 valence electrons. The lowest BCUT2D eigenvalue weighted by Crippen LogP contribution is -2.62. The molecule has 1 saturated heterocycles. The van der Waals surface area contributed by atoms with Crippen LogP contribution in [0.4, 0.5) is 5.69 Å². The number of nitrogens with one attached hydrogen (secondary N) is 2. The highest BCUT2D eigenvalue weighted by Crippen LogP contribution is 2.61. The largest absolute Gasteiger partial charge is 0.496 e. The molecule has 3 aliphatic carbocycles. The summed E-state index contributed by atoms with van der Waals surface area (Å²) in [7, 11) is -2.04. The number of benzene rings is 3. The molecule has 0 aromatic heterocycles. The lowest BCUT2D eigenvalue weighted by atomic mass is 9.45. The number of aryl methyl sites for hydroxylation is 1. The number of anilines is 1. The third-order valence-corrected chi connectivity index (χ3v) is 12.9. The van der Waals surface area contributed by atoms with Gasteiger partial charge < -0.3 is 20.3 Å². The maximum atomic E-state index is 14.1. The van der Waals surface area contributed by atoms with E-state index in [0.29, 0.717) is 35.6 Å². The van der Waals surface area contributed by atoms with E-state index < -0.39 is 34.2 Å². The van der Waals surface area contributed by atoms with Crippen LogP contribution in [0.25, 0.3) is 11.1 Å². The van der Waals surface area contributed by atoms with Gasteiger partial charge in [-0.2, -0.15) is 5.06 Å². The number of ether oxygens (including phenoxy) is 1. The van der Waals surface area contributed by atoms with Crippen LogP contribution in [0.3, 0.4) is 0 Å². The minimum absolute atomic E-state index is 0.0323. The number of carbonyl (C=O) groups excluding carboxylic acids is 1. The number of hydrogen-bond acceptors (Lipinski definition) is 8.